The minimum absolute atomic E-state index is 0.0272. The second kappa shape index (κ2) is 9.00. The number of nitrogens with zero attached hydrogens (tertiary/aromatic N) is 3. The molecule has 0 saturated carbocycles. The predicted octanol–water partition coefficient (Wildman–Crippen LogP) is 3.60. The number of nitrogens with one attached hydrogen (secondary N) is 2. The van der Waals surface area contributed by atoms with Gasteiger partial charge in [-0.1, -0.05) is 48.0 Å². The van der Waals surface area contributed by atoms with Crippen LogP contribution in [0.5, 0.6) is 5.88 Å². The minimum atomic E-state index is -1.02. The van der Waals surface area contributed by atoms with Crippen LogP contribution in [-0.4, -0.2) is 31.8 Å². The van der Waals surface area contributed by atoms with Crippen LogP contribution in [0.1, 0.15) is 5.56 Å². The number of urea groups is 1. The molecule has 0 atom stereocenters. The van der Waals surface area contributed by atoms with Gasteiger partial charge in [-0.25, -0.2) is 19.1 Å². The molecule has 0 bridgehead atoms. The van der Waals surface area contributed by atoms with Gasteiger partial charge in [0.05, 0.1) is 27.5 Å². The van der Waals surface area contributed by atoms with Crippen molar-refractivity contribution < 1.29 is 14.8 Å². The lowest BCUT2D eigenvalue weighted by Crippen LogP contribution is -2.31. The summed E-state index contributed by atoms with van der Waals surface area (Å²) in [5, 5.41) is 25.4. The third-order valence-corrected chi connectivity index (χ3v) is 5.17. The number of non-ortho nitro benzene ring substituents is 1. The van der Waals surface area contributed by atoms with Crippen LogP contribution < -0.4 is 16.6 Å². The molecule has 4 rings (SSSR count). The number of hydrogen-bond donors (Lipinski definition) is 3. The second-order valence-corrected chi connectivity index (χ2v) is 7.35. The Hall–Kier alpha value is -4.77. The van der Waals surface area contributed by atoms with E-state index in [0.717, 1.165) is 28.3 Å². The number of aromatic nitrogens is 2. The summed E-state index contributed by atoms with van der Waals surface area (Å²) in [7, 11) is 0. The topological polar surface area (TPSA) is 160 Å². The second-order valence-electron chi connectivity index (χ2n) is 6.94. The number of benzene rings is 3. The van der Waals surface area contributed by atoms with Gasteiger partial charge in [-0.15, -0.1) is 0 Å². The maximum Gasteiger partial charge on any atom is 0.345 e. The van der Waals surface area contributed by atoms with Gasteiger partial charge in [0.25, 0.3) is 11.2 Å². The molecule has 0 aliphatic rings. The molecule has 0 spiro atoms. The first-order valence-corrected chi connectivity index (χ1v) is 9.99. The Morgan fingerprint density at radius 3 is 2.65 bits per heavy atom. The minimum Gasteiger partial charge on any atom is -0.493 e. The van der Waals surface area contributed by atoms with Crippen LogP contribution in [-0.2, 0) is 0 Å². The maximum atomic E-state index is 12.5. The molecule has 3 aromatic carbocycles. The van der Waals surface area contributed by atoms with Gasteiger partial charge in [0, 0.05) is 17.5 Å². The first-order chi connectivity index (χ1) is 16.3. The van der Waals surface area contributed by atoms with Crippen LogP contribution in [0, 0.1) is 10.1 Å². The highest BCUT2D eigenvalue weighted by Crippen LogP contribution is 2.27. The Morgan fingerprint density at radius 2 is 1.88 bits per heavy atom. The molecule has 34 heavy (non-hydrogen) atoms. The van der Waals surface area contributed by atoms with E-state index in [2.05, 4.69) is 15.3 Å². The zero-order valence-corrected chi connectivity index (χ0v) is 17.8. The number of carbonyl (C=O) groups excluding carboxylic acids is 1. The first kappa shape index (κ1) is 22.4. The number of carbonyl (C=O) groups is 1. The monoisotopic (exact) mass is 479 g/mol. The van der Waals surface area contributed by atoms with Gasteiger partial charge in [-0.05, 0) is 17.5 Å². The summed E-state index contributed by atoms with van der Waals surface area (Å²) in [6.45, 7) is 0. The number of aromatic amines is 1. The van der Waals surface area contributed by atoms with E-state index < -0.39 is 33.6 Å². The summed E-state index contributed by atoms with van der Waals surface area (Å²) in [6.07, 6.45) is 0.774. The Balaban J connectivity index is 1.72. The number of amides is 2. The Labute approximate surface area is 194 Å². The third-order valence-electron chi connectivity index (χ3n) is 4.84. The van der Waals surface area contributed by atoms with Gasteiger partial charge in [0.15, 0.2) is 0 Å². The number of anilines is 1. The predicted molar refractivity (Wildman–Crippen MR) is 127 cm³/mol. The van der Waals surface area contributed by atoms with E-state index in [4.69, 9.17) is 11.6 Å². The molecular formula is C22H14ClN5O6. The van der Waals surface area contributed by atoms with Crippen LogP contribution in [0.25, 0.3) is 16.5 Å². The van der Waals surface area contributed by atoms with Gasteiger partial charge in [-0.2, -0.15) is 0 Å². The van der Waals surface area contributed by atoms with Crippen molar-refractivity contribution in [1.82, 2.24) is 9.55 Å². The summed E-state index contributed by atoms with van der Waals surface area (Å²) in [4.78, 5) is 53.0. The molecule has 4 aromatic rings. The summed E-state index contributed by atoms with van der Waals surface area (Å²) in [6, 6.07) is 14.6. The standard InChI is InChI=1S/C22H14ClN5O6/c23-16-9-8-13(28(33)34)10-17(16)25-21(31)24-11-15-19(29)26-22(32)27(20(15)30)18-7-3-5-12-4-1-2-6-14(12)18/h1-11,30H,(H,25,31)(H,26,29,32)/b24-11+. The molecule has 1 heterocycles. The number of fused-ring (bicyclic) bond motifs is 1. The lowest BCUT2D eigenvalue weighted by Gasteiger charge is -2.12. The van der Waals surface area contributed by atoms with Crippen LogP contribution >= 0.6 is 11.6 Å². The summed E-state index contributed by atoms with van der Waals surface area (Å²) < 4.78 is 0.889. The van der Waals surface area contributed by atoms with Crippen molar-refractivity contribution in [2.45, 2.75) is 0 Å². The summed E-state index contributed by atoms with van der Waals surface area (Å²) in [5.74, 6) is -0.727. The van der Waals surface area contributed by atoms with E-state index in [1.165, 1.54) is 6.07 Å². The lowest BCUT2D eigenvalue weighted by atomic mass is 10.1. The molecule has 0 aliphatic carbocycles. The Bertz CT molecular complexity index is 1600. The molecule has 0 aliphatic heterocycles. The molecule has 12 heteroatoms. The molecule has 3 N–H and O–H groups in total. The van der Waals surface area contributed by atoms with Crippen LogP contribution in [0.4, 0.5) is 16.2 Å². The third kappa shape index (κ3) is 4.27. The Morgan fingerprint density at radius 1 is 1.15 bits per heavy atom. The fourth-order valence-electron chi connectivity index (χ4n) is 3.27. The number of nitro benzene ring substituents is 1. The van der Waals surface area contributed by atoms with E-state index >= 15 is 0 Å². The average molecular weight is 480 g/mol. The van der Waals surface area contributed by atoms with Gasteiger partial charge in [0.1, 0.15) is 5.56 Å². The van der Waals surface area contributed by atoms with Crippen molar-refractivity contribution in [3.05, 3.63) is 102 Å². The molecule has 170 valence electrons. The fourth-order valence-corrected chi connectivity index (χ4v) is 3.44. The molecule has 1 aromatic heterocycles. The van der Waals surface area contributed by atoms with E-state index in [0.29, 0.717) is 11.1 Å². The van der Waals surface area contributed by atoms with Gasteiger partial charge >= 0.3 is 11.7 Å². The van der Waals surface area contributed by atoms with Gasteiger partial charge in [-0.3, -0.25) is 19.9 Å². The zero-order chi connectivity index (χ0) is 24.4. The number of hydrogen-bond acceptors (Lipinski definition) is 6. The molecule has 0 fully saturated rings. The average Bonchev–Trinajstić information content (AvgIpc) is 2.80. The summed E-state index contributed by atoms with van der Waals surface area (Å²) in [5.41, 5.74) is -2.38. The molecule has 0 saturated heterocycles. The molecule has 0 radical (unpaired) electrons. The maximum absolute atomic E-state index is 12.5. The molecular weight excluding hydrogens is 466 g/mol. The van der Waals surface area contributed by atoms with Crippen molar-refractivity contribution in [3.63, 3.8) is 0 Å². The van der Waals surface area contributed by atoms with Crippen molar-refractivity contribution in [2.75, 3.05) is 5.32 Å². The van der Waals surface area contributed by atoms with E-state index in [1.807, 2.05) is 18.2 Å². The number of H-pyrrole nitrogens is 1. The van der Waals surface area contributed by atoms with Crippen LogP contribution in [0.2, 0.25) is 5.02 Å². The van der Waals surface area contributed by atoms with Crippen LogP contribution in [0.15, 0.2) is 75.2 Å². The molecule has 2 amide bonds. The fraction of sp³-hybridized carbons (Fsp3) is 0. The van der Waals surface area contributed by atoms with E-state index in [-0.39, 0.29) is 16.4 Å². The number of rotatable bonds is 4. The van der Waals surface area contributed by atoms with E-state index in [1.54, 1.807) is 24.3 Å². The smallest absolute Gasteiger partial charge is 0.345 e. The number of aromatic hydroxyl groups is 1. The van der Waals surface area contributed by atoms with Crippen LogP contribution in [0.3, 0.4) is 0 Å². The summed E-state index contributed by atoms with van der Waals surface area (Å²) >= 11 is 5.94. The zero-order valence-electron chi connectivity index (χ0n) is 17.1. The van der Waals surface area contributed by atoms with Crippen molar-refractivity contribution in [2.24, 2.45) is 4.99 Å². The lowest BCUT2D eigenvalue weighted by molar-refractivity contribution is -0.384. The van der Waals surface area contributed by atoms with Crippen molar-refractivity contribution in [3.8, 4) is 11.6 Å². The Kier molecular flexibility index (Phi) is 5.94. The number of halogens is 1. The normalized spacial score (nSPS) is 11.1. The SMILES string of the molecule is O=C(/N=C/c1c(O)n(-c2cccc3ccccc23)c(=O)[nH]c1=O)Nc1cc([N+](=O)[O-])ccc1Cl. The van der Waals surface area contributed by atoms with E-state index in [9.17, 15) is 29.6 Å². The first-order valence-electron chi connectivity index (χ1n) is 9.61. The van der Waals surface area contributed by atoms with Gasteiger partial charge in [0.2, 0.25) is 5.88 Å². The van der Waals surface area contributed by atoms with Crippen molar-refractivity contribution >= 4 is 46.0 Å². The van der Waals surface area contributed by atoms with Crippen molar-refractivity contribution in [1.29, 1.82) is 0 Å². The highest BCUT2D eigenvalue weighted by molar-refractivity contribution is 6.33. The molecule has 11 nitrogen and oxygen atoms in total. The number of aliphatic imine (C=N–C) groups is 1. The highest BCUT2D eigenvalue weighted by Gasteiger charge is 2.17. The van der Waals surface area contributed by atoms with Gasteiger partial charge < -0.3 is 10.4 Å². The quantitative estimate of drug-likeness (QED) is 0.230. The highest BCUT2D eigenvalue weighted by atomic mass is 35.5. The number of nitro groups is 1. The largest absolute Gasteiger partial charge is 0.493 e. The molecule has 0 unspecified atom stereocenters.